The summed E-state index contributed by atoms with van der Waals surface area (Å²) in [4.78, 5) is 4.37. The number of para-hydroxylation sites is 1. The zero-order valence-electron chi connectivity index (χ0n) is 13.7. The molecule has 0 bridgehead atoms. The van der Waals surface area contributed by atoms with Gasteiger partial charge in [-0.1, -0.05) is 18.2 Å². The molecular formula is C19H12F3N5. The summed E-state index contributed by atoms with van der Waals surface area (Å²) in [5.41, 5.74) is 9.07. The lowest BCUT2D eigenvalue weighted by molar-refractivity contribution is 0.489. The molecule has 4 aromatic rings. The lowest BCUT2D eigenvalue weighted by atomic mass is 9.99. The fourth-order valence-corrected chi connectivity index (χ4v) is 3.54. The van der Waals surface area contributed by atoms with Crippen LogP contribution in [0.1, 0.15) is 17.2 Å². The molecule has 0 radical (unpaired) electrons. The van der Waals surface area contributed by atoms with Crippen molar-refractivity contribution in [3.8, 4) is 11.3 Å². The van der Waals surface area contributed by atoms with Crippen LogP contribution < -0.4 is 11.1 Å². The van der Waals surface area contributed by atoms with Gasteiger partial charge in [0.15, 0.2) is 11.6 Å². The normalized spacial score (nSPS) is 15.3. The van der Waals surface area contributed by atoms with Crippen LogP contribution in [0.5, 0.6) is 0 Å². The monoisotopic (exact) mass is 367 g/mol. The molecule has 0 amide bonds. The first-order valence-electron chi connectivity index (χ1n) is 8.18. The number of hydrogen-bond donors (Lipinski definition) is 2. The number of nitrogens with two attached hydrogens (primary N) is 1. The maximum atomic E-state index is 14.5. The van der Waals surface area contributed by atoms with Crippen LogP contribution in [0.3, 0.4) is 0 Å². The van der Waals surface area contributed by atoms with Crippen LogP contribution >= 0.6 is 0 Å². The van der Waals surface area contributed by atoms with Crippen molar-refractivity contribution < 1.29 is 13.2 Å². The third-order valence-corrected chi connectivity index (χ3v) is 4.70. The fourth-order valence-electron chi connectivity index (χ4n) is 3.54. The molecule has 2 aromatic heterocycles. The third-order valence-electron chi connectivity index (χ3n) is 4.70. The van der Waals surface area contributed by atoms with E-state index in [0.717, 1.165) is 11.6 Å². The van der Waals surface area contributed by atoms with E-state index in [9.17, 15) is 13.2 Å². The van der Waals surface area contributed by atoms with Gasteiger partial charge in [0.2, 0.25) is 5.95 Å². The number of nitrogen functional groups attached to an aromatic ring is 1. The van der Waals surface area contributed by atoms with Crippen molar-refractivity contribution in [3.63, 3.8) is 0 Å². The minimum atomic E-state index is -1.23. The third kappa shape index (κ3) is 2.26. The first-order chi connectivity index (χ1) is 13.0. The Morgan fingerprint density at radius 2 is 1.74 bits per heavy atom. The lowest BCUT2D eigenvalue weighted by Crippen LogP contribution is -2.14. The molecule has 0 fully saturated rings. The van der Waals surface area contributed by atoms with E-state index in [1.807, 2.05) is 18.2 Å². The van der Waals surface area contributed by atoms with E-state index in [1.165, 1.54) is 0 Å². The van der Waals surface area contributed by atoms with E-state index in [1.54, 1.807) is 22.8 Å². The van der Waals surface area contributed by atoms with Crippen LogP contribution in [-0.2, 0) is 0 Å². The maximum absolute atomic E-state index is 14.5. The molecule has 1 aliphatic heterocycles. The largest absolute Gasteiger partial charge is 0.373 e. The molecule has 1 aliphatic rings. The molecule has 0 saturated heterocycles. The predicted octanol–water partition coefficient (Wildman–Crippen LogP) is 3.91. The Kier molecular flexibility index (Phi) is 3.18. The molecule has 0 spiro atoms. The zero-order valence-corrected chi connectivity index (χ0v) is 13.7. The van der Waals surface area contributed by atoms with Gasteiger partial charge in [-0.2, -0.15) is 0 Å². The summed E-state index contributed by atoms with van der Waals surface area (Å²) >= 11 is 0. The van der Waals surface area contributed by atoms with Crippen LogP contribution in [0.4, 0.5) is 24.8 Å². The van der Waals surface area contributed by atoms with E-state index in [-0.39, 0.29) is 11.5 Å². The molecule has 0 saturated carbocycles. The van der Waals surface area contributed by atoms with Gasteiger partial charge in [-0.05, 0) is 18.2 Å². The quantitative estimate of drug-likeness (QED) is 0.501. The van der Waals surface area contributed by atoms with Crippen LogP contribution in [-0.4, -0.2) is 14.6 Å². The molecule has 3 heterocycles. The Bertz CT molecular complexity index is 1220. The van der Waals surface area contributed by atoms with E-state index < -0.39 is 23.5 Å². The molecule has 1 unspecified atom stereocenters. The number of benzene rings is 2. The molecule has 5 rings (SSSR count). The number of anilines is 2. The van der Waals surface area contributed by atoms with Gasteiger partial charge < -0.3 is 11.1 Å². The number of aromatic nitrogens is 3. The molecule has 1 atom stereocenters. The van der Waals surface area contributed by atoms with Crippen LogP contribution in [0.2, 0.25) is 0 Å². The van der Waals surface area contributed by atoms with Gasteiger partial charge in [0.25, 0.3) is 0 Å². The van der Waals surface area contributed by atoms with Gasteiger partial charge in [-0.25, -0.2) is 22.7 Å². The Morgan fingerprint density at radius 3 is 2.59 bits per heavy atom. The Hall–Kier alpha value is -3.55. The molecule has 5 nitrogen and oxygen atoms in total. The number of fused-ring (bicyclic) bond motifs is 2. The van der Waals surface area contributed by atoms with Crippen molar-refractivity contribution >= 4 is 17.2 Å². The predicted molar refractivity (Wildman–Crippen MR) is 94.6 cm³/mol. The van der Waals surface area contributed by atoms with Gasteiger partial charge in [0.05, 0.1) is 11.6 Å². The van der Waals surface area contributed by atoms with E-state index in [0.29, 0.717) is 28.5 Å². The van der Waals surface area contributed by atoms with Crippen molar-refractivity contribution in [1.29, 1.82) is 0 Å². The highest BCUT2D eigenvalue weighted by molar-refractivity contribution is 5.90. The van der Waals surface area contributed by atoms with Crippen LogP contribution in [0, 0.1) is 17.5 Å². The maximum Gasteiger partial charge on any atom is 0.238 e. The molecular weight excluding hydrogens is 355 g/mol. The molecule has 27 heavy (non-hydrogen) atoms. The summed E-state index contributed by atoms with van der Waals surface area (Å²) in [7, 11) is 0. The van der Waals surface area contributed by atoms with Crippen molar-refractivity contribution in [2.75, 3.05) is 11.1 Å². The summed E-state index contributed by atoms with van der Waals surface area (Å²) in [6.45, 7) is 0. The Balaban J connectivity index is 1.86. The molecule has 8 heteroatoms. The molecule has 2 aromatic carbocycles. The summed E-state index contributed by atoms with van der Waals surface area (Å²) in [5, 5.41) is 7.39. The summed E-state index contributed by atoms with van der Waals surface area (Å²) in [6, 6.07) is 9.71. The second-order valence-corrected chi connectivity index (χ2v) is 6.29. The molecule has 3 N–H and O–H groups in total. The van der Waals surface area contributed by atoms with Gasteiger partial charge in [0.1, 0.15) is 11.5 Å². The lowest BCUT2D eigenvalue weighted by Gasteiger charge is -2.20. The van der Waals surface area contributed by atoms with E-state index >= 15 is 0 Å². The van der Waals surface area contributed by atoms with E-state index in [4.69, 9.17) is 5.73 Å². The molecule has 0 aliphatic carbocycles. The van der Waals surface area contributed by atoms with Crippen molar-refractivity contribution in [2.24, 2.45) is 0 Å². The van der Waals surface area contributed by atoms with Crippen LogP contribution in [0.25, 0.3) is 16.8 Å². The van der Waals surface area contributed by atoms with Crippen molar-refractivity contribution in [1.82, 2.24) is 14.6 Å². The van der Waals surface area contributed by atoms with Crippen molar-refractivity contribution in [3.05, 3.63) is 77.2 Å². The fraction of sp³-hybridized carbons (Fsp3) is 0.0526. The minimum absolute atomic E-state index is 0.0125. The summed E-state index contributed by atoms with van der Waals surface area (Å²) in [6.07, 6.45) is 1.67. The Labute approximate surface area is 151 Å². The number of halogens is 3. The summed E-state index contributed by atoms with van der Waals surface area (Å²) < 4.78 is 43.4. The second kappa shape index (κ2) is 5.47. The highest BCUT2D eigenvalue weighted by Crippen LogP contribution is 2.42. The Morgan fingerprint density at radius 1 is 0.963 bits per heavy atom. The first kappa shape index (κ1) is 15.7. The van der Waals surface area contributed by atoms with Crippen LogP contribution in [0.15, 0.2) is 48.7 Å². The average molecular weight is 367 g/mol. The number of rotatable bonds is 1. The van der Waals surface area contributed by atoms with E-state index in [2.05, 4.69) is 15.4 Å². The standard InChI is InChI=1S/C19H12F3N5/c20-12-8-14(22)13(21)7-11(12)16-10-5-6-27-18(10)17(25-19(23)26-27)9-3-1-2-4-15(9)24-16/h1-8,16,24H,(H2,23,26). The first-order valence-corrected chi connectivity index (χ1v) is 8.18. The second-order valence-electron chi connectivity index (χ2n) is 6.29. The zero-order chi connectivity index (χ0) is 18.7. The number of hydrogen-bond acceptors (Lipinski definition) is 4. The smallest absolute Gasteiger partial charge is 0.238 e. The number of nitrogens with one attached hydrogen (secondary N) is 1. The summed E-state index contributed by atoms with van der Waals surface area (Å²) in [5.74, 6) is -3.10. The topological polar surface area (TPSA) is 68.2 Å². The molecule has 134 valence electrons. The van der Waals surface area contributed by atoms with Gasteiger partial charge in [0, 0.05) is 34.6 Å². The van der Waals surface area contributed by atoms with Gasteiger partial charge >= 0.3 is 0 Å². The number of nitrogens with zero attached hydrogens (tertiary/aromatic N) is 3. The van der Waals surface area contributed by atoms with Crippen molar-refractivity contribution in [2.45, 2.75) is 6.04 Å². The minimum Gasteiger partial charge on any atom is -0.373 e. The van der Waals surface area contributed by atoms with Gasteiger partial charge in [-0.15, -0.1) is 5.10 Å². The van der Waals surface area contributed by atoms with Gasteiger partial charge in [-0.3, -0.25) is 0 Å². The highest BCUT2D eigenvalue weighted by atomic mass is 19.2. The highest BCUT2D eigenvalue weighted by Gasteiger charge is 2.29. The SMILES string of the molecule is Nc1nc2c3c(ccn3n1)C(c1cc(F)c(F)cc1F)Nc1ccccc1-2. The average Bonchev–Trinajstić information content (AvgIpc) is 3.00.